The number of aryl methyl sites for hydroxylation is 1. The van der Waals surface area contributed by atoms with Crippen molar-refractivity contribution in [3.8, 4) is 0 Å². The van der Waals surface area contributed by atoms with Crippen molar-refractivity contribution in [1.29, 1.82) is 0 Å². The average Bonchev–Trinajstić information content (AvgIpc) is 2.76. The van der Waals surface area contributed by atoms with Crippen LogP contribution in [0.15, 0.2) is 22.6 Å². The Labute approximate surface area is 98.2 Å². The van der Waals surface area contributed by atoms with Crippen LogP contribution in [0, 0.1) is 6.92 Å². The van der Waals surface area contributed by atoms with Gasteiger partial charge in [-0.1, -0.05) is 0 Å². The third-order valence-corrected chi connectivity index (χ3v) is 3.35. The number of imidazole rings is 1. The van der Waals surface area contributed by atoms with Crippen molar-refractivity contribution >= 4 is 11.3 Å². The van der Waals surface area contributed by atoms with Crippen LogP contribution in [0.1, 0.15) is 30.6 Å². The number of rotatable bonds is 3. The lowest BCUT2D eigenvalue weighted by atomic mass is 10.4. The van der Waals surface area contributed by atoms with Gasteiger partial charge < -0.3 is 0 Å². The quantitative estimate of drug-likeness (QED) is 0.819. The summed E-state index contributed by atoms with van der Waals surface area (Å²) in [5.74, 6) is 0. The fourth-order valence-electron chi connectivity index (χ4n) is 1.56. The molecule has 0 amide bonds. The molecule has 0 spiro atoms. The SMILES string of the molecule is Cc1csc(Cn2ccn(C(C)C)c2=O)n1. The first-order valence-corrected chi connectivity index (χ1v) is 6.14. The lowest BCUT2D eigenvalue weighted by Crippen LogP contribution is -2.25. The van der Waals surface area contributed by atoms with E-state index in [1.807, 2.05) is 38.5 Å². The molecule has 2 aromatic heterocycles. The molecular formula is C11H15N3OS. The van der Waals surface area contributed by atoms with Crippen LogP contribution in [0.2, 0.25) is 0 Å². The highest BCUT2D eigenvalue weighted by Crippen LogP contribution is 2.10. The molecule has 0 aliphatic rings. The molecule has 5 heteroatoms. The fraction of sp³-hybridized carbons (Fsp3) is 0.455. The predicted octanol–water partition coefficient (Wildman–Crippen LogP) is 2.04. The second-order valence-corrected chi connectivity index (χ2v) is 5.03. The zero-order valence-electron chi connectivity index (χ0n) is 9.67. The van der Waals surface area contributed by atoms with E-state index in [-0.39, 0.29) is 11.7 Å². The Bertz CT molecular complexity index is 535. The summed E-state index contributed by atoms with van der Waals surface area (Å²) in [6.45, 7) is 6.53. The lowest BCUT2D eigenvalue weighted by molar-refractivity contribution is 0.561. The largest absolute Gasteiger partial charge is 0.328 e. The highest BCUT2D eigenvalue weighted by Gasteiger charge is 2.07. The van der Waals surface area contributed by atoms with Gasteiger partial charge in [-0.15, -0.1) is 11.3 Å². The van der Waals surface area contributed by atoms with Crippen LogP contribution in [0.5, 0.6) is 0 Å². The lowest BCUT2D eigenvalue weighted by Gasteiger charge is -2.03. The molecule has 4 nitrogen and oxygen atoms in total. The Morgan fingerprint density at radius 3 is 2.69 bits per heavy atom. The molecule has 0 bridgehead atoms. The van der Waals surface area contributed by atoms with E-state index in [1.54, 1.807) is 20.5 Å². The highest BCUT2D eigenvalue weighted by atomic mass is 32.1. The van der Waals surface area contributed by atoms with Crippen LogP contribution in [-0.4, -0.2) is 14.1 Å². The first-order valence-electron chi connectivity index (χ1n) is 5.26. The van der Waals surface area contributed by atoms with Crippen molar-refractivity contribution in [2.24, 2.45) is 0 Å². The molecule has 2 aromatic rings. The summed E-state index contributed by atoms with van der Waals surface area (Å²) in [4.78, 5) is 16.3. The second-order valence-electron chi connectivity index (χ2n) is 4.09. The van der Waals surface area contributed by atoms with Gasteiger partial charge in [0, 0.05) is 29.5 Å². The molecule has 0 radical (unpaired) electrons. The maximum absolute atomic E-state index is 11.9. The third kappa shape index (κ3) is 2.09. The summed E-state index contributed by atoms with van der Waals surface area (Å²) in [5, 5.41) is 2.97. The van der Waals surface area contributed by atoms with E-state index in [0.717, 1.165) is 10.7 Å². The summed E-state index contributed by atoms with van der Waals surface area (Å²) in [6.07, 6.45) is 3.65. The smallest absolute Gasteiger partial charge is 0.297 e. The van der Waals surface area contributed by atoms with Crippen LogP contribution in [-0.2, 0) is 6.54 Å². The van der Waals surface area contributed by atoms with Gasteiger partial charge in [0.15, 0.2) is 0 Å². The van der Waals surface area contributed by atoms with E-state index in [1.165, 1.54) is 0 Å². The third-order valence-electron chi connectivity index (χ3n) is 2.40. The Kier molecular flexibility index (Phi) is 2.96. The first kappa shape index (κ1) is 11.1. The molecule has 0 saturated heterocycles. The topological polar surface area (TPSA) is 39.8 Å². The van der Waals surface area contributed by atoms with E-state index in [2.05, 4.69) is 4.98 Å². The normalized spacial score (nSPS) is 11.2. The summed E-state index contributed by atoms with van der Waals surface area (Å²) in [5.41, 5.74) is 1.04. The molecule has 86 valence electrons. The zero-order valence-corrected chi connectivity index (χ0v) is 10.5. The zero-order chi connectivity index (χ0) is 11.7. The van der Waals surface area contributed by atoms with Crippen molar-refractivity contribution in [3.63, 3.8) is 0 Å². The molecule has 0 saturated carbocycles. The minimum absolute atomic E-state index is 0.0304. The number of hydrogen-bond acceptors (Lipinski definition) is 3. The molecule has 16 heavy (non-hydrogen) atoms. The minimum Gasteiger partial charge on any atom is -0.297 e. The molecule has 0 aromatic carbocycles. The number of aromatic nitrogens is 3. The molecule has 0 atom stereocenters. The standard InChI is InChI=1S/C11H15N3OS/c1-8(2)14-5-4-13(11(14)15)6-10-12-9(3)7-16-10/h4-5,7-8H,6H2,1-3H3. The van der Waals surface area contributed by atoms with Gasteiger partial charge in [-0.3, -0.25) is 9.13 Å². The summed E-state index contributed by atoms with van der Waals surface area (Å²) in [7, 11) is 0. The van der Waals surface area contributed by atoms with Crippen molar-refractivity contribution in [3.05, 3.63) is 39.0 Å². The Morgan fingerprint density at radius 2 is 2.19 bits per heavy atom. The van der Waals surface area contributed by atoms with E-state index in [9.17, 15) is 4.79 Å². The van der Waals surface area contributed by atoms with Crippen molar-refractivity contribution in [2.75, 3.05) is 0 Å². The number of hydrogen-bond donors (Lipinski definition) is 0. The predicted molar refractivity (Wildman–Crippen MR) is 65.0 cm³/mol. The Balaban J connectivity index is 2.26. The van der Waals surface area contributed by atoms with E-state index in [4.69, 9.17) is 0 Å². The van der Waals surface area contributed by atoms with Gasteiger partial charge in [0.05, 0.1) is 6.54 Å². The van der Waals surface area contributed by atoms with Gasteiger partial charge in [-0.2, -0.15) is 0 Å². The molecular weight excluding hydrogens is 222 g/mol. The van der Waals surface area contributed by atoms with Crippen LogP contribution >= 0.6 is 11.3 Å². The van der Waals surface area contributed by atoms with Gasteiger partial charge in [-0.05, 0) is 20.8 Å². The summed E-state index contributed by atoms with van der Waals surface area (Å²) in [6, 6.07) is 0.201. The first-order chi connectivity index (χ1) is 7.58. The molecule has 0 aliphatic carbocycles. The fourth-order valence-corrected chi connectivity index (χ4v) is 2.33. The van der Waals surface area contributed by atoms with Crippen molar-refractivity contribution < 1.29 is 0 Å². The van der Waals surface area contributed by atoms with Gasteiger partial charge in [0.25, 0.3) is 0 Å². The molecule has 2 rings (SSSR count). The Morgan fingerprint density at radius 1 is 1.44 bits per heavy atom. The molecule has 0 unspecified atom stereocenters. The second kappa shape index (κ2) is 4.25. The maximum atomic E-state index is 11.9. The van der Waals surface area contributed by atoms with Gasteiger partial charge in [-0.25, -0.2) is 9.78 Å². The molecule has 0 fully saturated rings. The highest BCUT2D eigenvalue weighted by molar-refractivity contribution is 7.09. The minimum atomic E-state index is 0.0304. The van der Waals surface area contributed by atoms with E-state index in [0.29, 0.717) is 6.54 Å². The van der Waals surface area contributed by atoms with Gasteiger partial charge in [0.1, 0.15) is 5.01 Å². The van der Waals surface area contributed by atoms with Gasteiger partial charge in [0.2, 0.25) is 0 Å². The molecule has 2 heterocycles. The van der Waals surface area contributed by atoms with Crippen molar-refractivity contribution in [2.45, 2.75) is 33.4 Å². The van der Waals surface area contributed by atoms with Gasteiger partial charge >= 0.3 is 5.69 Å². The van der Waals surface area contributed by atoms with E-state index < -0.39 is 0 Å². The molecule has 0 aliphatic heterocycles. The maximum Gasteiger partial charge on any atom is 0.328 e. The number of thiazole rings is 1. The van der Waals surface area contributed by atoms with E-state index >= 15 is 0 Å². The van der Waals surface area contributed by atoms with Crippen LogP contribution < -0.4 is 5.69 Å². The Hall–Kier alpha value is -1.36. The summed E-state index contributed by atoms with van der Waals surface area (Å²) < 4.78 is 3.42. The summed E-state index contributed by atoms with van der Waals surface area (Å²) >= 11 is 1.59. The van der Waals surface area contributed by atoms with Crippen LogP contribution in [0.3, 0.4) is 0 Å². The average molecular weight is 237 g/mol. The van der Waals surface area contributed by atoms with Crippen LogP contribution in [0.4, 0.5) is 0 Å². The molecule has 0 N–H and O–H groups in total. The number of nitrogens with zero attached hydrogens (tertiary/aromatic N) is 3. The monoisotopic (exact) mass is 237 g/mol. The van der Waals surface area contributed by atoms with Crippen molar-refractivity contribution in [1.82, 2.24) is 14.1 Å². The van der Waals surface area contributed by atoms with Crippen LogP contribution in [0.25, 0.3) is 0 Å².